The molecule has 3 N–H and O–H groups in total. The van der Waals surface area contributed by atoms with Crippen LogP contribution in [0.25, 0.3) is 0 Å². The first kappa shape index (κ1) is 19.0. The lowest BCUT2D eigenvalue weighted by atomic mass is 10.1. The maximum atomic E-state index is 12.0. The molecule has 1 saturated heterocycles. The highest BCUT2D eigenvalue weighted by Crippen LogP contribution is 2.31. The van der Waals surface area contributed by atoms with Crippen molar-refractivity contribution in [1.82, 2.24) is 10.6 Å². The predicted octanol–water partition coefficient (Wildman–Crippen LogP) is 3.38. The number of imide groups is 1. The average molecular weight is 383 g/mol. The van der Waals surface area contributed by atoms with Crippen LogP contribution in [0.4, 0.5) is 10.5 Å². The number of rotatable bonds is 6. The van der Waals surface area contributed by atoms with Crippen LogP contribution in [-0.2, 0) is 9.59 Å². The van der Waals surface area contributed by atoms with E-state index >= 15 is 0 Å². The number of hydrogen-bond donors (Lipinski definition) is 3. The van der Waals surface area contributed by atoms with Gasteiger partial charge in [0, 0.05) is 21.9 Å². The molecule has 1 atom stereocenters. The van der Waals surface area contributed by atoms with E-state index < -0.39 is 12.1 Å². The molecular formula is C20H21N3O3S. The normalized spacial score (nSPS) is 16.0. The third kappa shape index (κ3) is 5.10. The minimum absolute atomic E-state index is 0.150. The predicted molar refractivity (Wildman–Crippen MR) is 105 cm³/mol. The largest absolute Gasteiger partial charge is 0.326 e. The molecular weight excluding hydrogens is 362 g/mol. The Morgan fingerprint density at radius 2 is 1.85 bits per heavy atom. The molecule has 0 aromatic heterocycles. The van der Waals surface area contributed by atoms with Gasteiger partial charge in [0.05, 0.1) is 0 Å². The zero-order valence-electron chi connectivity index (χ0n) is 15.2. The molecule has 140 valence electrons. The van der Waals surface area contributed by atoms with Crippen molar-refractivity contribution in [1.29, 1.82) is 0 Å². The summed E-state index contributed by atoms with van der Waals surface area (Å²) in [5, 5.41) is 7.44. The van der Waals surface area contributed by atoms with E-state index in [9.17, 15) is 14.4 Å². The number of carbonyl (C=O) groups is 3. The molecule has 3 rings (SSSR count). The van der Waals surface area contributed by atoms with Crippen molar-refractivity contribution in [2.45, 2.75) is 42.5 Å². The lowest BCUT2D eigenvalue weighted by molar-refractivity contribution is -0.120. The molecule has 0 bridgehead atoms. The first-order chi connectivity index (χ1) is 12.9. The van der Waals surface area contributed by atoms with E-state index in [1.807, 2.05) is 24.3 Å². The fraction of sp³-hybridized carbons (Fsp3) is 0.250. The summed E-state index contributed by atoms with van der Waals surface area (Å²) in [6.07, 6.45) is 0.418. The highest BCUT2D eigenvalue weighted by atomic mass is 32.2. The van der Waals surface area contributed by atoms with E-state index in [0.717, 1.165) is 4.90 Å². The van der Waals surface area contributed by atoms with Crippen molar-refractivity contribution in [3.8, 4) is 0 Å². The van der Waals surface area contributed by atoms with E-state index in [2.05, 4.69) is 48.0 Å². The second-order valence-electron chi connectivity index (χ2n) is 6.50. The molecule has 1 heterocycles. The third-order valence-corrected chi connectivity index (χ3v) is 5.40. The molecule has 2 aromatic rings. The molecule has 4 amide bonds. The molecule has 1 unspecified atom stereocenters. The molecule has 0 radical (unpaired) electrons. The van der Waals surface area contributed by atoms with Crippen molar-refractivity contribution < 1.29 is 14.4 Å². The lowest BCUT2D eigenvalue weighted by Crippen LogP contribution is -2.30. The average Bonchev–Trinajstić information content (AvgIpc) is 2.94. The molecule has 0 spiro atoms. The van der Waals surface area contributed by atoms with Gasteiger partial charge in [0.15, 0.2) is 0 Å². The second-order valence-corrected chi connectivity index (χ2v) is 7.61. The molecule has 0 aliphatic carbocycles. The molecule has 2 aromatic carbocycles. The smallest absolute Gasteiger partial charge is 0.322 e. The standard InChI is InChI=1S/C20H21N3O3S/c1-12-3-9-17(13(2)11-12)27-15-6-4-14(5-7-15)21-18(24)10-8-16-19(25)23-20(26)22-16/h3-7,9,11,16H,8,10H2,1-2H3,(H,21,24)(H2,22,23,25,26). The van der Waals surface area contributed by atoms with Gasteiger partial charge in [0.25, 0.3) is 5.91 Å². The Balaban J connectivity index is 1.52. The SMILES string of the molecule is Cc1ccc(Sc2ccc(NC(=O)CCC3NC(=O)NC3=O)cc2)c(C)c1. The number of amides is 4. The van der Waals surface area contributed by atoms with Crippen LogP contribution in [-0.4, -0.2) is 23.9 Å². The number of hydrogen-bond acceptors (Lipinski definition) is 4. The first-order valence-corrected chi connectivity index (χ1v) is 9.49. The summed E-state index contributed by atoms with van der Waals surface area (Å²) in [6, 6.07) is 12.8. The van der Waals surface area contributed by atoms with Crippen LogP contribution in [0.15, 0.2) is 52.3 Å². The fourth-order valence-corrected chi connectivity index (χ4v) is 3.69. The highest BCUT2D eigenvalue weighted by Gasteiger charge is 2.29. The van der Waals surface area contributed by atoms with E-state index in [4.69, 9.17) is 0 Å². The van der Waals surface area contributed by atoms with Gasteiger partial charge >= 0.3 is 6.03 Å². The van der Waals surface area contributed by atoms with E-state index in [0.29, 0.717) is 5.69 Å². The minimum atomic E-state index is -0.639. The summed E-state index contributed by atoms with van der Waals surface area (Å²) in [5.41, 5.74) is 3.18. The summed E-state index contributed by atoms with van der Waals surface area (Å²) in [5.74, 6) is -0.584. The van der Waals surface area contributed by atoms with Gasteiger partial charge in [-0.25, -0.2) is 4.79 Å². The Morgan fingerprint density at radius 3 is 2.48 bits per heavy atom. The maximum absolute atomic E-state index is 12.0. The van der Waals surface area contributed by atoms with Crippen LogP contribution in [0.1, 0.15) is 24.0 Å². The van der Waals surface area contributed by atoms with Gasteiger partial charge in [-0.2, -0.15) is 0 Å². The molecule has 1 aliphatic heterocycles. The van der Waals surface area contributed by atoms with Gasteiger partial charge in [-0.1, -0.05) is 29.5 Å². The van der Waals surface area contributed by atoms with Gasteiger partial charge < -0.3 is 10.6 Å². The molecule has 27 heavy (non-hydrogen) atoms. The number of urea groups is 1. The van der Waals surface area contributed by atoms with Crippen molar-refractivity contribution in [2.75, 3.05) is 5.32 Å². The Hall–Kier alpha value is -2.80. The molecule has 1 aliphatic rings. The zero-order chi connectivity index (χ0) is 19.4. The number of anilines is 1. The van der Waals surface area contributed by atoms with E-state index in [1.54, 1.807) is 11.8 Å². The summed E-state index contributed by atoms with van der Waals surface area (Å²) < 4.78 is 0. The maximum Gasteiger partial charge on any atom is 0.322 e. The van der Waals surface area contributed by atoms with Gasteiger partial charge in [-0.15, -0.1) is 0 Å². The lowest BCUT2D eigenvalue weighted by Gasteiger charge is -2.09. The number of benzene rings is 2. The molecule has 7 heteroatoms. The van der Waals surface area contributed by atoms with Crippen LogP contribution < -0.4 is 16.0 Å². The van der Waals surface area contributed by atoms with Gasteiger partial charge in [0.2, 0.25) is 5.91 Å². The molecule has 0 saturated carbocycles. The fourth-order valence-electron chi connectivity index (χ4n) is 2.81. The Kier molecular flexibility index (Phi) is 5.81. The Labute approximate surface area is 162 Å². The number of aryl methyl sites for hydroxylation is 2. The van der Waals surface area contributed by atoms with Crippen molar-refractivity contribution >= 4 is 35.3 Å². The van der Waals surface area contributed by atoms with Crippen LogP contribution in [0.5, 0.6) is 0 Å². The molecule has 6 nitrogen and oxygen atoms in total. The second kappa shape index (κ2) is 8.26. The minimum Gasteiger partial charge on any atom is -0.326 e. The topological polar surface area (TPSA) is 87.3 Å². The van der Waals surface area contributed by atoms with E-state index in [-0.39, 0.29) is 24.7 Å². The Bertz CT molecular complexity index is 881. The number of carbonyl (C=O) groups excluding carboxylic acids is 3. The van der Waals surface area contributed by atoms with Gasteiger partial charge in [-0.3, -0.25) is 14.9 Å². The quantitative estimate of drug-likeness (QED) is 0.668. The number of nitrogens with one attached hydrogen (secondary N) is 3. The summed E-state index contributed by atoms with van der Waals surface area (Å²) in [6.45, 7) is 4.17. The monoisotopic (exact) mass is 383 g/mol. The van der Waals surface area contributed by atoms with Crippen molar-refractivity contribution in [2.24, 2.45) is 0 Å². The summed E-state index contributed by atoms with van der Waals surface area (Å²) in [7, 11) is 0. The summed E-state index contributed by atoms with van der Waals surface area (Å²) >= 11 is 1.68. The molecule has 1 fully saturated rings. The third-order valence-electron chi connectivity index (χ3n) is 4.21. The highest BCUT2D eigenvalue weighted by molar-refractivity contribution is 7.99. The van der Waals surface area contributed by atoms with Crippen LogP contribution in [0.3, 0.4) is 0 Å². The van der Waals surface area contributed by atoms with E-state index in [1.165, 1.54) is 16.0 Å². The zero-order valence-corrected chi connectivity index (χ0v) is 16.0. The van der Waals surface area contributed by atoms with Crippen LogP contribution in [0, 0.1) is 13.8 Å². The first-order valence-electron chi connectivity index (χ1n) is 8.67. The van der Waals surface area contributed by atoms with Crippen LogP contribution in [0.2, 0.25) is 0 Å². The van der Waals surface area contributed by atoms with Crippen LogP contribution >= 0.6 is 11.8 Å². The van der Waals surface area contributed by atoms with Gasteiger partial charge in [-0.05, 0) is 56.2 Å². The van der Waals surface area contributed by atoms with Crippen molar-refractivity contribution in [3.63, 3.8) is 0 Å². The van der Waals surface area contributed by atoms with Gasteiger partial charge in [0.1, 0.15) is 6.04 Å². The Morgan fingerprint density at radius 1 is 1.11 bits per heavy atom. The summed E-state index contributed by atoms with van der Waals surface area (Å²) in [4.78, 5) is 36.9. The van der Waals surface area contributed by atoms with Crippen molar-refractivity contribution in [3.05, 3.63) is 53.6 Å².